The van der Waals surface area contributed by atoms with Gasteiger partial charge >= 0.3 is 51.0 Å². The van der Waals surface area contributed by atoms with E-state index in [2.05, 4.69) is 37.9 Å². The molecule has 4 nitrogen and oxygen atoms in total. The number of nitriles is 1. The van der Waals surface area contributed by atoms with Gasteiger partial charge < -0.3 is 0 Å². The number of nitrogens with zero attached hydrogens (tertiary/aromatic N) is 1. The molecule has 1 aliphatic rings. The fourth-order valence-electron chi connectivity index (χ4n) is 1.98. The van der Waals surface area contributed by atoms with Gasteiger partial charge in [0.2, 0.25) is 0 Å². The second-order valence-corrected chi connectivity index (χ2v) is 4.07. The summed E-state index contributed by atoms with van der Waals surface area (Å²) < 4.78 is 22.5. The van der Waals surface area contributed by atoms with Crippen molar-refractivity contribution >= 4 is 0 Å². The van der Waals surface area contributed by atoms with Crippen molar-refractivity contribution < 1.29 is 31.0 Å². The van der Waals surface area contributed by atoms with Gasteiger partial charge in [-0.15, -0.1) is 0 Å². The molecule has 0 N–H and O–H groups in total. The van der Waals surface area contributed by atoms with Gasteiger partial charge in [0, 0.05) is 5.92 Å². The summed E-state index contributed by atoms with van der Waals surface area (Å²) in [5, 5.41) is 9.02. The van der Waals surface area contributed by atoms with E-state index in [1.54, 1.807) is 0 Å². The van der Waals surface area contributed by atoms with Gasteiger partial charge in [0.1, 0.15) is 0 Å². The Hall–Kier alpha value is -2.12. The molecule has 1 saturated carbocycles. The molecule has 116 valence electrons. The fourth-order valence-corrected chi connectivity index (χ4v) is 1.98. The van der Waals surface area contributed by atoms with E-state index in [0.717, 1.165) is 30.7 Å². The van der Waals surface area contributed by atoms with E-state index >= 15 is 0 Å². The predicted octanol–water partition coefficient (Wildman–Crippen LogP) is 3.21. The molecule has 0 saturated heterocycles. The number of benzene rings is 1. The van der Waals surface area contributed by atoms with E-state index in [9.17, 15) is 0 Å². The van der Waals surface area contributed by atoms with E-state index in [1.807, 2.05) is 30.3 Å². The van der Waals surface area contributed by atoms with Crippen LogP contribution in [0.25, 0.3) is 0 Å². The summed E-state index contributed by atoms with van der Waals surface area (Å²) in [6.45, 7) is 13.5. The van der Waals surface area contributed by atoms with Crippen molar-refractivity contribution in [1.82, 2.24) is 0 Å². The van der Waals surface area contributed by atoms with Crippen LogP contribution in [-0.4, -0.2) is 0 Å². The van der Waals surface area contributed by atoms with Gasteiger partial charge in [-0.1, -0.05) is 55.2 Å². The van der Waals surface area contributed by atoms with Crippen LogP contribution in [0, 0.1) is 55.0 Å². The first-order valence-corrected chi connectivity index (χ1v) is 6.34. The van der Waals surface area contributed by atoms with Crippen molar-refractivity contribution in [2.24, 2.45) is 5.92 Å². The minimum Gasteiger partial charge on any atom is 2.00 e. The largest absolute Gasteiger partial charge is 2.00 e. The van der Waals surface area contributed by atoms with Crippen LogP contribution in [0.3, 0.4) is 0 Å². The molecule has 0 aliphatic heterocycles. The van der Waals surface area contributed by atoms with Gasteiger partial charge in [-0.2, -0.15) is 11.2 Å². The fraction of sp³-hybridized carbons (Fsp3) is 0.278. The Morgan fingerprint density at radius 1 is 1.00 bits per heavy atom. The Morgan fingerprint density at radius 2 is 1.57 bits per heavy atom. The number of hydrogen-bond donors (Lipinski definition) is 0. The van der Waals surface area contributed by atoms with Crippen LogP contribution in [-0.2, 0) is 31.0 Å². The van der Waals surface area contributed by atoms with Crippen molar-refractivity contribution in [3.05, 3.63) is 61.8 Å². The Morgan fingerprint density at radius 3 is 2.09 bits per heavy atom. The van der Waals surface area contributed by atoms with Gasteiger partial charge in [-0.05, 0) is 6.42 Å². The third-order valence-electron chi connectivity index (χ3n) is 2.91. The summed E-state index contributed by atoms with van der Waals surface area (Å²) in [6.07, 6.45) is 4.32. The molecule has 1 atom stereocenters. The van der Waals surface area contributed by atoms with Crippen molar-refractivity contribution in [2.75, 3.05) is 0 Å². The molecule has 1 fully saturated rings. The average Bonchev–Trinajstić information content (AvgIpc) is 2.66. The first kappa shape index (κ1) is 25.8. The third kappa shape index (κ3) is 11.1. The molecule has 1 aromatic carbocycles. The van der Waals surface area contributed by atoms with Crippen LogP contribution in [0.1, 0.15) is 31.2 Å². The van der Waals surface area contributed by atoms with Gasteiger partial charge in [0.25, 0.3) is 0 Å². The average molecular weight is 348 g/mol. The zero-order valence-electron chi connectivity index (χ0n) is 12.3. The summed E-state index contributed by atoms with van der Waals surface area (Å²) in [5.41, 5.74) is 1.03. The monoisotopic (exact) mass is 348 g/mol. The van der Waals surface area contributed by atoms with Crippen LogP contribution >= 0.6 is 0 Å². The molecular weight excluding hydrogens is 334 g/mol. The molecule has 1 aliphatic carbocycles. The summed E-state index contributed by atoms with van der Waals surface area (Å²) in [6, 6.07) is 12.3. The second-order valence-electron chi connectivity index (χ2n) is 4.07. The van der Waals surface area contributed by atoms with Crippen LogP contribution in [0.4, 0.5) is 0 Å². The maximum atomic E-state index is 9.02. The van der Waals surface area contributed by atoms with Crippen LogP contribution in [0.15, 0.2) is 30.3 Å². The van der Waals surface area contributed by atoms with Crippen LogP contribution in [0.5, 0.6) is 0 Å². The van der Waals surface area contributed by atoms with Crippen molar-refractivity contribution in [2.45, 2.75) is 25.7 Å². The molecule has 0 spiro atoms. The minimum absolute atomic E-state index is 0. The molecule has 1 unspecified atom stereocenters. The zero-order valence-corrected chi connectivity index (χ0v) is 13.4. The first-order chi connectivity index (χ1) is 10.9. The molecule has 0 radical (unpaired) electrons. The second kappa shape index (κ2) is 19.9. The third-order valence-corrected chi connectivity index (χ3v) is 2.91. The van der Waals surface area contributed by atoms with Gasteiger partial charge in [0.15, 0.2) is 0 Å². The van der Waals surface area contributed by atoms with Gasteiger partial charge in [0.05, 0.1) is 6.07 Å². The van der Waals surface area contributed by atoms with E-state index in [-0.39, 0.29) is 23.0 Å². The van der Waals surface area contributed by atoms with E-state index in [1.165, 1.54) is 6.42 Å². The summed E-state index contributed by atoms with van der Waals surface area (Å²) >= 11 is 0. The number of hydrogen-bond acceptors (Lipinski definition) is 1. The van der Waals surface area contributed by atoms with E-state index in [0.29, 0.717) is 0 Å². The van der Waals surface area contributed by atoms with E-state index in [4.69, 9.17) is 19.2 Å². The summed E-state index contributed by atoms with van der Waals surface area (Å²) in [4.78, 5) is 0. The molecule has 0 aromatic heterocycles. The zero-order chi connectivity index (χ0) is 17.2. The first-order valence-electron chi connectivity index (χ1n) is 6.34. The Balaban J connectivity index is -0.000000514. The van der Waals surface area contributed by atoms with Crippen molar-refractivity contribution in [3.63, 3.8) is 0 Å². The molecule has 5 heteroatoms. The maximum Gasteiger partial charge on any atom is 2.00 e. The Labute approximate surface area is 147 Å². The Bertz CT molecular complexity index is 547. The maximum absolute atomic E-state index is 9.02. The van der Waals surface area contributed by atoms with Gasteiger partial charge in [-0.25, -0.2) is 0 Å². The molecule has 0 bridgehead atoms. The standard InChI is InChI=1S/C15H14N.3CO.Fe/c16-12-15-9-5-4-8-14(15)11-10-13-6-2-1-3-7-13;3*1-2;/h1-3,6-7,15H,4-5,8-9H2;;;;/q-1;;;;+2. The molecule has 1 aromatic rings. The summed E-state index contributed by atoms with van der Waals surface area (Å²) in [7, 11) is 0. The van der Waals surface area contributed by atoms with Crippen LogP contribution in [0.2, 0.25) is 0 Å². The van der Waals surface area contributed by atoms with Gasteiger partial charge in [-0.3, -0.25) is 11.8 Å². The quantitative estimate of drug-likeness (QED) is 0.307. The smallest absolute Gasteiger partial charge is 2.00 e. The normalized spacial score (nSPS) is 13.8. The van der Waals surface area contributed by atoms with Crippen molar-refractivity contribution in [1.29, 1.82) is 5.26 Å². The van der Waals surface area contributed by atoms with Crippen LogP contribution < -0.4 is 0 Å². The molecular formula is C18H14FeNO3+. The molecule has 0 heterocycles. The van der Waals surface area contributed by atoms with Crippen molar-refractivity contribution in [3.8, 4) is 17.9 Å². The SMILES string of the molecule is N#CC1CCCC[C-]1C#Cc1ccccc1.[C-]#[O+].[C-]#[O+].[C-]#[O+].[Fe+2]. The number of rotatable bonds is 0. The summed E-state index contributed by atoms with van der Waals surface area (Å²) in [5.74, 6) is 7.51. The molecule has 0 amide bonds. The minimum atomic E-state index is 0. The molecule has 2 rings (SSSR count). The molecule has 23 heavy (non-hydrogen) atoms. The predicted molar refractivity (Wildman–Crippen MR) is 75.9 cm³/mol. The topological polar surface area (TPSA) is 83.5 Å². The Kier molecular flexibility index (Phi) is 22.3. The van der Waals surface area contributed by atoms with E-state index < -0.39 is 0 Å².